The highest BCUT2D eigenvalue weighted by atomic mass is 35.5. The van der Waals surface area contributed by atoms with Gasteiger partial charge >= 0.3 is 0 Å². The van der Waals surface area contributed by atoms with Crippen molar-refractivity contribution < 1.29 is 19.4 Å². The number of rotatable bonds is 7. The highest BCUT2D eigenvalue weighted by Gasteiger charge is 2.12. The quantitative estimate of drug-likeness (QED) is 0.602. The van der Waals surface area contributed by atoms with E-state index in [1.807, 2.05) is 0 Å². The molecule has 0 aromatic heterocycles. The topological polar surface area (TPSA) is 55.8 Å². The lowest BCUT2D eigenvalue weighted by molar-refractivity contribution is 0.111. The fourth-order valence-corrected chi connectivity index (χ4v) is 1.59. The van der Waals surface area contributed by atoms with Gasteiger partial charge in [-0.05, 0) is 18.9 Å². The number of aldehydes is 1. The van der Waals surface area contributed by atoms with Crippen LogP contribution in [0.15, 0.2) is 12.1 Å². The molecular formula is C12H15ClO4. The van der Waals surface area contributed by atoms with Gasteiger partial charge in [0.2, 0.25) is 0 Å². The third-order valence-electron chi connectivity index (χ3n) is 2.19. The lowest BCUT2D eigenvalue weighted by Crippen LogP contribution is -2.03. The number of aliphatic hydroxyl groups is 1. The molecule has 1 aromatic rings. The van der Waals surface area contributed by atoms with Crippen LogP contribution in [0.25, 0.3) is 0 Å². The minimum absolute atomic E-state index is 0.127. The van der Waals surface area contributed by atoms with Crippen molar-refractivity contribution in [2.24, 2.45) is 0 Å². The van der Waals surface area contributed by atoms with Gasteiger partial charge in [-0.2, -0.15) is 0 Å². The van der Waals surface area contributed by atoms with Crippen LogP contribution in [0.1, 0.15) is 23.2 Å². The van der Waals surface area contributed by atoms with Crippen LogP contribution >= 0.6 is 11.6 Å². The van der Waals surface area contributed by atoms with Crippen LogP contribution in [0.3, 0.4) is 0 Å². The summed E-state index contributed by atoms with van der Waals surface area (Å²) in [5.74, 6) is 0.827. The van der Waals surface area contributed by atoms with E-state index in [9.17, 15) is 4.79 Å². The molecule has 5 heteroatoms. The van der Waals surface area contributed by atoms with Crippen LogP contribution in [0.5, 0.6) is 11.5 Å². The Hall–Kier alpha value is -1.26. The molecule has 1 N–H and O–H groups in total. The first-order valence-corrected chi connectivity index (χ1v) is 5.67. The second kappa shape index (κ2) is 7.14. The molecule has 94 valence electrons. The molecule has 0 atom stereocenters. The Morgan fingerprint density at radius 1 is 1.41 bits per heavy atom. The molecule has 0 heterocycles. The number of hydrogen-bond donors (Lipinski definition) is 1. The zero-order valence-corrected chi connectivity index (χ0v) is 10.4. The average Bonchev–Trinajstić information content (AvgIpc) is 2.35. The van der Waals surface area contributed by atoms with Crippen molar-refractivity contribution >= 4 is 17.9 Å². The number of methoxy groups -OCH3 is 1. The molecule has 0 aliphatic heterocycles. The summed E-state index contributed by atoms with van der Waals surface area (Å²) in [5.41, 5.74) is 0.360. The van der Waals surface area contributed by atoms with E-state index in [4.69, 9.17) is 26.2 Å². The van der Waals surface area contributed by atoms with Crippen LogP contribution in [0.4, 0.5) is 0 Å². The van der Waals surface area contributed by atoms with Crippen LogP contribution in [-0.4, -0.2) is 31.7 Å². The molecule has 0 spiro atoms. The Morgan fingerprint density at radius 3 is 2.76 bits per heavy atom. The van der Waals surface area contributed by atoms with Crippen molar-refractivity contribution in [1.29, 1.82) is 0 Å². The molecule has 1 aromatic carbocycles. The van der Waals surface area contributed by atoms with Crippen molar-refractivity contribution in [3.05, 3.63) is 22.7 Å². The molecule has 0 bridgehead atoms. The van der Waals surface area contributed by atoms with Crippen molar-refractivity contribution in [2.75, 3.05) is 20.3 Å². The van der Waals surface area contributed by atoms with Gasteiger partial charge in [-0.25, -0.2) is 0 Å². The Morgan fingerprint density at radius 2 is 2.18 bits per heavy atom. The molecule has 17 heavy (non-hydrogen) atoms. The zero-order chi connectivity index (χ0) is 12.7. The van der Waals surface area contributed by atoms with Crippen LogP contribution in [0.2, 0.25) is 5.02 Å². The number of carbonyl (C=O) groups is 1. The van der Waals surface area contributed by atoms with Crippen molar-refractivity contribution in [3.8, 4) is 11.5 Å². The SMILES string of the molecule is COc1cc(Cl)cc(C=O)c1OCCCCO. The van der Waals surface area contributed by atoms with Crippen LogP contribution in [-0.2, 0) is 0 Å². The fourth-order valence-electron chi connectivity index (χ4n) is 1.37. The molecule has 0 amide bonds. The van der Waals surface area contributed by atoms with E-state index >= 15 is 0 Å². The Labute approximate surface area is 105 Å². The van der Waals surface area contributed by atoms with E-state index in [1.165, 1.54) is 13.2 Å². The molecular weight excluding hydrogens is 244 g/mol. The number of unbranched alkanes of at least 4 members (excludes halogenated alkanes) is 1. The number of hydrogen-bond acceptors (Lipinski definition) is 4. The highest BCUT2D eigenvalue weighted by Crippen LogP contribution is 2.33. The van der Waals surface area contributed by atoms with E-state index < -0.39 is 0 Å². The number of halogens is 1. The smallest absolute Gasteiger partial charge is 0.171 e. The first kappa shape index (κ1) is 13.8. The maximum atomic E-state index is 10.9. The van der Waals surface area contributed by atoms with Gasteiger partial charge in [0.15, 0.2) is 17.8 Å². The lowest BCUT2D eigenvalue weighted by atomic mass is 10.2. The summed E-state index contributed by atoms with van der Waals surface area (Å²) >= 11 is 5.84. The van der Waals surface area contributed by atoms with Gasteiger partial charge in [0.25, 0.3) is 0 Å². The molecule has 0 saturated heterocycles. The third kappa shape index (κ3) is 3.91. The van der Waals surface area contributed by atoms with Gasteiger partial charge in [-0.3, -0.25) is 4.79 Å². The number of aliphatic hydroxyl groups excluding tert-OH is 1. The molecule has 0 aliphatic rings. The van der Waals surface area contributed by atoms with Crippen molar-refractivity contribution in [1.82, 2.24) is 0 Å². The Kier molecular flexibility index (Phi) is 5.80. The Bertz CT molecular complexity index is 379. The standard InChI is InChI=1S/C12H15ClO4/c1-16-11-7-10(13)6-9(8-15)12(11)17-5-3-2-4-14/h6-8,14H,2-5H2,1H3. The normalized spacial score (nSPS) is 10.1. The summed E-state index contributed by atoms with van der Waals surface area (Å²) < 4.78 is 10.6. The van der Waals surface area contributed by atoms with Crippen LogP contribution < -0.4 is 9.47 Å². The summed E-state index contributed by atoms with van der Waals surface area (Å²) in [5, 5.41) is 9.07. The maximum absolute atomic E-state index is 10.9. The predicted molar refractivity (Wildman–Crippen MR) is 65.2 cm³/mol. The largest absolute Gasteiger partial charge is 0.493 e. The molecule has 0 aliphatic carbocycles. The van der Waals surface area contributed by atoms with Gasteiger partial charge in [0.1, 0.15) is 0 Å². The van der Waals surface area contributed by atoms with Crippen molar-refractivity contribution in [2.45, 2.75) is 12.8 Å². The minimum Gasteiger partial charge on any atom is -0.493 e. The predicted octanol–water partition coefficient (Wildman–Crippen LogP) is 2.31. The monoisotopic (exact) mass is 258 g/mol. The van der Waals surface area contributed by atoms with E-state index in [1.54, 1.807) is 6.07 Å². The van der Waals surface area contributed by atoms with Gasteiger partial charge in [0.05, 0.1) is 19.3 Å². The van der Waals surface area contributed by atoms with E-state index in [0.717, 1.165) is 0 Å². The summed E-state index contributed by atoms with van der Waals surface area (Å²) in [6.45, 7) is 0.543. The second-order valence-corrected chi connectivity index (χ2v) is 3.86. The summed E-state index contributed by atoms with van der Waals surface area (Å²) in [4.78, 5) is 10.9. The molecule has 0 fully saturated rings. The Balaban J connectivity index is 2.83. The molecule has 0 radical (unpaired) electrons. The van der Waals surface area contributed by atoms with Crippen molar-refractivity contribution in [3.63, 3.8) is 0 Å². The lowest BCUT2D eigenvalue weighted by Gasteiger charge is -2.12. The van der Waals surface area contributed by atoms with Crippen LogP contribution in [0, 0.1) is 0 Å². The molecule has 0 unspecified atom stereocenters. The average molecular weight is 259 g/mol. The van der Waals surface area contributed by atoms with Gasteiger partial charge < -0.3 is 14.6 Å². The summed E-state index contributed by atoms with van der Waals surface area (Å²) in [7, 11) is 1.49. The van der Waals surface area contributed by atoms with Gasteiger partial charge in [-0.15, -0.1) is 0 Å². The second-order valence-electron chi connectivity index (χ2n) is 3.42. The summed E-state index contributed by atoms with van der Waals surface area (Å²) in [6, 6.07) is 3.12. The maximum Gasteiger partial charge on any atom is 0.171 e. The first-order valence-electron chi connectivity index (χ1n) is 5.29. The third-order valence-corrected chi connectivity index (χ3v) is 2.41. The molecule has 4 nitrogen and oxygen atoms in total. The first-order chi connectivity index (χ1) is 8.22. The van der Waals surface area contributed by atoms with E-state index in [-0.39, 0.29) is 6.61 Å². The number of carbonyl (C=O) groups excluding carboxylic acids is 1. The van der Waals surface area contributed by atoms with E-state index in [0.29, 0.717) is 47.8 Å². The fraction of sp³-hybridized carbons (Fsp3) is 0.417. The molecule has 1 rings (SSSR count). The van der Waals surface area contributed by atoms with Gasteiger partial charge in [-0.1, -0.05) is 11.6 Å². The molecule has 0 saturated carbocycles. The van der Waals surface area contributed by atoms with Gasteiger partial charge in [0, 0.05) is 17.7 Å². The number of ether oxygens (including phenoxy) is 2. The highest BCUT2D eigenvalue weighted by molar-refractivity contribution is 6.31. The van der Waals surface area contributed by atoms with E-state index in [2.05, 4.69) is 0 Å². The zero-order valence-electron chi connectivity index (χ0n) is 9.61. The minimum atomic E-state index is 0.127. The summed E-state index contributed by atoms with van der Waals surface area (Å²) in [6.07, 6.45) is 2.04. The number of benzene rings is 1.